The van der Waals surface area contributed by atoms with Crippen molar-refractivity contribution in [2.24, 2.45) is 11.8 Å². The Bertz CT molecular complexity index is 1260. The summed E-state index contributed by atoms with van der Waals surface area (Å²) in [7, 11) is 0. The number of amides is 1. The summed E-state index contributed by atoms with van der Waals surface area (Å²) in [6.07, 6.45) is -2.10. The van der Waals surface area contributed by atoms with Gasteiger partial charge in [-0.3, -0.25) is 14.4 Å². The topological polar surface area (TPSA) is 128 Å². The Morgan fingerprint density at radius 3 is 2.08 bits per heavy atom. The first-order chi connectivity index (χ1) is 18.7. The molecule has 40 heavy (non-hydrogen) atoms. The molecule has 0 aromatic heterocycles. The first kappa shape index (κ1) is 29.3. The Morgan fingerprint density at radius 1 is 1.00 bits per heavy atom. The zero-order valence-electron chi connectivity index (χ0n) is 23.7. The molecule has 1 saturated heterocycles. The summed E-state index contributed by atoms with van der Waals surface area (Å²) in [5, 5.41) is 12.4. The van der Waals surface area contributed by atoms with Gasteiger partial charge in [-0.05, 0) is 63.8 Å². The molecule has 2 aromatic carbocycles. The summed E-state index contributed by atoms with van der Waals surface area (Å²) in [5.74, 6) is -4.97. The fourth-order valence-electron chi connectivity index (χ4n) is 5.96. The Kier molecular flexibility index (Phi) is 8.08. The Hall–Kier alpha value is -3.72. The minimum absolute atomic E-state index is 0.0139. The largest absolute Gasteiger partial charge is 0.481 e. The molecule has 1 aliphatic carbocycles. The first-order valence-electron chi connectivity index (χ1n) is 13.5. The van der Waals surface area contributed by atoms with Crippen LogP contribution in [0, 0.1) is 11.8 Å². The van der Waals surface area contributed by atoms with Crippen molar-refractivity contribution in [1.29, 1.82) is 0 Å². The molecule has 4 rings (SSSR count). The Labute approximate surface area is 234 Å². The lowest BCUT2D eigenvalue weighted by Gasteiger charge is -2.30. The van der Waals surface area contributed by atoms with Crippen molar-refractivity contribution in [2.75, 3.05) is 6.61 Å². The molecule has 1 heterocycles. The minimum Gasteiger partial charge on any atom is -0.481 e. The number of nitrogens with one attached hydrogen (secondary N) is 1. The third-order valence-electron chi connectivity index (χ3n) is 7.47. The van der Waals surface area contributed by atoms with Crippen molar-refractivity contribution in [1.82, 2.24) is 5.32 Å². The summed E-state index contributed by atoms with van der Waals surface area (Å²) in [5.41, 5.74) is 2.25. The Balaban J connectivity index is 1.54. The van der Waals surface area contributed by atoms with Crippen LogP contribution in [0.25, 0.3) is 11.1 Å². The number of benzene rings is 2. The molecule has 0 bridgehead atoms. The molecule has 2 aromatic rings. The number of carbonyl (C=O) groups is 4. The van der Waals surface area contributed by atoms with E-state index in [9.17, 15) is 24.3 Å². The van der Waals surface area contributed by atoms with Crippen LogP contribution in [0.2, 0.25) is 0 Å². The number of Topliss-reactive ketones (excluding diaryl/α,β-unsaturated/α-hetero) is 1. The van der Waals surface area contributed by atoms with Gasteiger partial charge in [0.15, 0.2) is 5.78 Å². The van der Waals surface area contributed by atoms with Gasteiger partial charge in [-0.15, -0.1) is 0 Å². The summed E-state index contributed by atoms with van der Waals surface area (Å²) in [4.78, 5) is 51.7. The van der Waals surface area contributed by atoms with Crippen LogP contribution >= 0.6 is 0 Å². The van der Waals surface area contributed by atoms with E-state index in [1.165, 1.54) is 0 Å². The van der Waals surface area contributed by atoms with Crippen molar-refractivity contribution < 1.29 is 38.5 Å². The highest BCUT2D eigenvalue weighted by atomic mass is 16.6. The molecule has 1 amide bonds. The highest BCUT2D eigenvalue weighted by Crippen LogP contribution is 2.45. The number of alkyl carbamates (subject to hydrolysis) is 1. The minimum atomic E-state index is -1.37. The SMILES string of the molecule is C[C@@H]1OC(C)(C)C(C(=O)[C@H](CC(=O)OC(C)(C)C)NC(=O)OCC2c3ccccc3-c3ccccc32)[C@@H]1C(=O)O. The van der Waals surface area contributed by atoms with Crippen molar-refractivity contribution in [3.63, 3.8) is 0 Å². The first-order valence-corrected chi connectivity index (χ1v) is 13.5. The monoisotopic (exact) mass is 551 g/mol. The van der Waals surface area contributed by atoms with E-state index >= 15 is 0 Å². The number of ketones is 1. The molecular weight excluding hydrogens is 514 g/mol. The van der Waals surface area contributed by atoms with Gasteiger partial charge in [0.2, 0.25) is 0 Å². The van der Waals surface area contributed by atoms with Gasteiger partial charge in [0.05, 0.1) is 30.0 Å². The molecule has 4 atom stereocenters. The van der Waals surface area contributed by atoms with Crippen LogP contribution in [-0.2, 0) is 28.6 Å². The molecular formula is C31H37NO8. The lowest BCUT2D eigenvalue weighted by molar-refractivity contribution is -0.157. The zero-order chi connectivity index (χ0) is 29.4. The second-order valence-corrected chi connectivity index (χ2v) is 12.0. The van der Waals surface area contributed by atoms with Crippen molar-refractivity contribution in [3.8, 4) is 11.1 Å². The lowest BCUT2D eigenvalue weighted by atomic mass is 9.76. The molecule has 2 N–H and O–H groups in total. The lowest BCUT2D eigenvalue weighted by Crippen LogP contribution is -2.51. The smallest absolute Gasteiger partial charge is 0.407 e. The standard InChI is InChI=1S/C31H37NO8/c1-17-25(28(35)36)26(31(5,6)39-17)27(34)23(15-24(33)40-30(2,3)4)32-29(37)38-16-22-20-13-9-7-11-18(20)19-12-8-10-14-21(19)22/h7-14,17,22-23,25-26H,15-16H2,1-6H3,(H,32,37)(H,35,36)/t17-,23-,25+,26?/m0/s1. The van der Waals surface area contributed by atoms with Crippen LogP contribution in [-0.4, -0.2) is 58.9 Å². The summed E-state index contributed by atoms with van der Waals surface area (Å²) < 4.78 is 16.8. The van der Waals surface area contributed by atoms with Gasteiger partial charge in [-0.2, -0.15) is 0 Å². The fraction of sp³-hybridized carbons (Fsp3) is 0.484. The van der Waals surface area contributed by atoms with E-state index in [0.29, 0.717) is 0 Å². The maximum atomic E-state index is 13.8. The van der Waals surface area contributed by atoms with Gasteiger partial charge in [0, 0.05) is 5.92 Å². The maximum Gasteiger partial charge on any atom is 0.407 e. The van der Waals surface area contributed by atoms with Crippen LogP contribution in [0.15, 0.2) is 48.5 Å². The normalized spacial score (nSPS) is 22.1. The summed E-state index contributed by atoms with van der Waals surface area (Å²) in [6, 6.07) is 14.4. The average molecular weight is 552 g/mol. The number of fused-ring (bicyclic) bond motifs is 3. The van der Waals surface area contributed by atoms with Gasteiger partial charge in [-0.25, -0.2) is 4.79 Å². The second kappa shape index (κ2) is 11.0. The predicted molar refractivity (Wildman–Crippen MR) is 147 cm³/mol. The van der Waals surface area contributed by atoms with Gasteiger partial charge in [0.1, 0.15) is 18.2 Å². The van der Waals surface area contributed by atoms with Crippen LogP contribution in [0.3, 0.4) is 0 Å². The third-order valence-corrected chi connectivity index (χ3v) is 7.47. The Morgan fingerprint density at radius 2 is 1.55 bits per heavy atom. The molecule has 214 valence electrons. The number of hydrogen-bond donors (Lipinski definition) is 2. The number of rotatable bonds is 8. The van der Waals surface area contributed by atoms with Crippen molar-refractivity contribution >= 4 is 23.8 Å². The van der Waals surface area contributed by atoms with E-state index < -0.39 is 65.4 Å². The molecule has 1 unspecified atom stereocenters. The maximum absolute atomic E-state index is 13.8. The quantitative estimate of drug-likeness (QED) is 0.452. The fourth-order valence-corrected chi connectivity index (χ4v) is 5.96. The van der Waals surface area contributed by atoms with Crippen molar-refractivity contribution in [2.45, 2.75) is 77.2 Å². The van der Waals surface area contributed by atoms with E-state index in [2.05, 4.69) is 5.32 Å². The van der Waals surface area contributed by atoms with Gasteiger partial charge >= 0.3 is 18.0 Å². The zero-order valence-corrected chi connectivity index (χ0v) is 23.7. The molecule has 9 nitrogen and oxygen atoms in total. The number of esters is 1. The highest BCUT2D eigenvalue weighted by Gasteiger charge is 2.56. The third kappa shape index (κ3) is 6.04. The number of ether oxygens (including phenoxy) is 3. The predicted octanol–water partition coefficient (Wildman–Crippen LogP) is 4.71. The van der Waals surface area contributed by atoms with E-state index in [1.807, 2.05) is 48.5 Å². The van der Waals surface area contributed by atoms with E-state index in [1.54, 1.807) is 41.5 Å². The molecule has 0 saturated carbocycles. The summed E-state index contributed by atoms with van der Waals surface area (Å²) >= 11 is 0. The molecule has 2 aliphatic rings. The van der Waals surface area contributed by atoms with Crippen LogP contribution in [0.5, 0.6) is 0 Å². The van der Waals surface area contributed by atoms with Crippen LogP contribution < -0.4 is 5.32 Å². The molecule has 1 fully saturated rings. The molecule has 9 heteroatoms. The van der Waals surface area contributed by atoms with E-state index in [4.69, 9.17) is 14.2 Å². The van der Waals surface area contributed by atoms with Gasteiger partial charge in [0.25, 0.3) is 0 Å². The number of carboxylic acid groups (broad SMARTS) is 1. The summed E-state index contributed by atoms with van der Waals surface area (Å²) in [6.45, 7) is 9.94. The van der Waals surface area contributed by atoms with Gasteiger partial charge < -0.3 is 24.6 Å². The number of carbonyl (C=O) groups excluding carboxylic acids is 3. The average Bonchev–Trinajstić information content (AvgIpc) is 3.30. The number of carboxylic acids is 1. The van der Waals surface area contributed by atoms with E-state index in [-0.39, 0.29) is 12.5 Å². The number of aliphatic carboxylic acids is 1. The van der Waals surface area contributed by atoms with E-state index in [0.717, 1.165) is 22.3 Å². The molecule has 0 radical (unpaired) electrons. The molecule has 1 aliphatic heterocycles. The highest BCUT2D eigenvalue weighted by molar-refractivity contribution is 5.96. The molecule has 0 spiro atoms. The van der Waals surface area contributed by atoms with Crippen LogP contribution in [0.4, 0.5) is 4.79 Å². The van der Waals surface area contributed by atoms with Crippen LogP contribution in [0.1, 0.15) is 65.0 Å². The van der Waals surface area contributed by atoms with Gasteiger partial charge in [-0.1, -0.05) is 48.5 Å². The van der Waals surface area contributed by atoms with Crippen molar-refractivity contribution in [3.05, 3.63) is 59.7 Å². The second-order valence-electron chi connectivity index (χ2n) is 12.0. The number of hydrogen-bond acceptors (Lipinski definition) is 7.